The number of hydrogen-bond donors (Lipinski definition) is 3. The average Bonchev–Trinajstić information content (AvgIpc) is 2.99. The number of nitrogens with zero attached hydrogens (tertiary/aromatic N) is 2. The molecule has 0 fully saturated rings. The smallest absolute Gasteiger partial charge is 0.252 e. The monoisotopic (exact) mass is 585 g/mol. The molecule has 6 rings (SSSR count). The van der Waals surface area contributed by atoms with Crippen molar-refractivity contribution in [3.05, 3.63) is 106 Å². The minimum atomic E-state index is -0.472. The van der Waals surface area contributed by atoms with Crippen LogP contribution in [0.5, 0.6) is 0 Å². The van der Waals surface area contributed by atoms with Crippen LogP contribution in [0.25, 0.3) is 0 Å². The summed E-state index contributed by atoms with van der Waals surface area (Å²) in [6, 6.07) is 18.0. The second kappa shape index (κ2) is 11.6. The van der Waals surface area contributed by atoms with E-state index in [1.54, 1.807) is 36.4 Å². The lowest BCUT2D eigenvalue weighted by Crippen LogP contribution is -2.44. The molecule has 2 aliphatic heterocycles. The number of hydrogen-bond acceptors (Lipinski definition) is 8. The zero-order chi connectivity index (χ0) is 31.8. The highest BCUT2D eigenvalue weighted by atomic mass is 16.2. The molecule has 44 heavy (non-hydrogen) atoms. The van der Waals surface area contributed by atoms with Crippen molar-refractivity contribution in [2.24, 2.45) is 11.8 Å². The summed E-state index contributed by atoms with van der Waals surface area (Å²) in [5, 5.41) is 28.0. The molecule has 3 N–H and O–H groups in total. The third-order valence-corrected chi connectivity index (χ3v) is 7.73. The number of carbonyl (C=O) groups is 4. The summed E-state index contributed by atoms with van der Waals surface area (Å²) in [5.74, 6) is -1.42. The Kier molecular flexibility index (Phi) is 7.91. The molecule has 2 aliphatic carbocycles. The number of rotatable bonds is 2. The first-order valence-electron chi connectivity index (χ1n) is 14.2. The zero-order valence-corrected chi connectivity index (χ0v) is 24.8. The number of nitriles is 2. The van der Waals surface area contributed by atoms with Gasteiger partial charge in [-0.15, -0.1) is 0 Å². The minimum Gasteiger partial charge on any atom is -0.377 e. The number of anilines is 2. The molecule has 4 aliphatic rings. The zero-order valence-electron chi connectivity index (χ0n) is 24.8. The molecule has 0 saturated carbocycles. The van der Waals surface area contributed by atoms with Gasteiger partial charge in [-0.2, -0.15) is 10.5 Å². The van der Waals surface area contributed by atoms with Crippen LogP contribution in [0.4, 0.5) is 11.4 Å². The number of benzene rings is 2. The van der Waals surface area contributed by atoms with Crippen LogP contribution in [0, 0.1) is 34.5 Å². The third kappa shape index (κ3) is 5.73. The molecular formula is C35H31N5O4. The van der Waals surface area contributed by atoms with E-state index in [0.29, 0.717) is 22.3 Å². The van der Waals surface area contributed by atoms with E-state index in [9.17, 15) is 24.4 Å². The van der Waals surface area contributed by atoms with E-state index in [0.717, 1.165) is 11.4 Å². The lowest BCUT2D eigenvalue weighted by Gasteiger charge is -2.33. The van der Waals surface area contributed by atoms with Crippen molar-refractivity contribution in [3.63, 3.8) is 0 Å². The average molecular weight is 586 g/mol. The van der Waals surface area contributed by atoms with E-state index in [1.807, 2.05) is 63.2 Å². The first-order valence-corrected chi connectivity index (χ1v) is 14.2. The predicted octanol–water partition coefficient (Wildman–Crippen LogP) is 4.84. The highest BCUT2D eigenvalue weighted by Gasteiger charge is 2.38. The van der Waals surface area contributed by atoms with Crippen LogP contribution in [0.2, 0.25) is 0 Å². The van der Waals surface area contributed by atoms with Gasteiger partial charge in [0, 0.05) is 33.6 Å². The van der Waals surface area contributed by atoms with Crippen molar-refractivity contribution < 1.29 is 19.2 Å². The molecule has 0 radical (unpaired) electrons. The topological polar surface area (TPSA) is 152 Å². The number of allylic oxidation sites excluding steroid dienone is 2. The number of nitrogens with one attached hydrogen (secondary N) is 3. The molecule has 0 saturated heterocycles. The number of amides is 1. The fourth-order valence-corrected chi connectivity index (χ4v) is 5.71. The van der Waals surface area contributed by atoms with Crippen LogP contribution in [0.15, 0.2) is 95.1 Å². The van der Waals surface area contributed by atoms with Crippen molar-refractivity contribution in [2.45, 2.75) is 45.3 Å². The van der Waals surface area contributed by atoms with E-state index >= 15 is 0 Å². The summed E-state index contributed by atoms with van der Waals surface area (Å²) < 4.78 is 0. The van der Waals surface area contributed by atoms with Crippen molar-refractivity contribution in [2.75, 3.05) is 10.6 Å². The highest BCUT2D eigenvalue weighted by Crippen LogP contribution is 2.36. The Hall–Kier alpha value is -5.54. The Morgan fingerprint density at radius 2 is 1.16 bits per heavy atom. The fourth-order valence-electron chi connectivity index (χ4n) is 5.71. The molecule has 220 valence electrons. The van der Waals surface area contributed by atoms with Gasteiger partial charge in [0.05, 0.1) is 52.8 Å². The van der Waals surface area contributed by atoms with Crippen LogP contribution < -0.4 is 16.0 Å². The van der Waals surface area contributed by atoms with Crippen LogP contribution in [-0.2, 0) is 9.59 Å². The van der Waals surface area contributed by atoms with Crippen LogP contribution in [0.3, 0.4) is 0 Å². The number of fused-ring (bicyclic) bond motifs is 4. The van der Waals surface area contributed by atoms with Gasteiger partial charge < -0.3 is 16.0 Å². The molecule has 2 aromatic rings. The van der Waals surface area contributed by atoms with Crippen molar-refractivity contribution in [3.8, 4) is 12.1 Å². The predicted molar refractivity (Wildman–Crippen MR) is 165 cm³/mol. The van der Waals surface area contributed by atoms with Crippen molar-refractivity contribution >= 4 is 34.6 Å². The number of ketones is 3. The molecule has 0 aromatic heterocycles. The molecule has 9 nitrogen and oxygen atoms in total. The maximum absolute atomic E-state index is 12.7. The molecule has 4 atom stereocenters. The Balaban J connectivity index is 0.000000177. The van der Waals surface area contributed by atoms with Gasteiger partial charge in [-0.3, -0.25) is 19.2 Å². The van der Waals surface area contributed by atoms with Gasteiger partial charge in [0.1, 0.15) is 0 Å². The van der Waals surface area contributed by atoms with E-state index in [-0.39, 0.29) is 46.5 Å². The summed E-state index contributed by atoms with van der Waals surface area (Å²) in [4.78, 5) is 49.3. The normalized spacial score (nSPS) is 22.8. The maximum Gasteiger partial charge on any atom is 0.252 e. The SMILES string of the molecule is CC(=O)C1=CC2Nc3ccccc3C(=O)C2C=C1C#N.CC(C)(C)NC(=O)C1=CC2Nc3ccccc3C(=O)C2C=C1C#N. The Labute approximate surface area is 255 Å². The first kappa shape index (κ1) is 29.9. The summed E-state index contributed by atoms with van der Waals surface area (Å²) in [5.41, 5.74) is 3.58. The molecular weight excluding hydrogens is 554 g/mol. The Bertz CT molecular complexity index is 1810. The van der Waals surface area contributed by atoms with Gasteiger partial charge in [-0.05, 0) is 64.1 Å². The van der Waals surface area contributed by atoms with Crippen LogP contribution in [-0.4, -0.2) is 40.9 Å². The fraction of sp³-hybridized carbons (Fsp3) is 0.257. The minimum absolute atomic E-state index is 0.0176. The molecule has 0 spiro atoms. The lowest BCUT2D eigenvalue weighted by atomic mass is 9.79. The number of carbonyl (C=O) groups excluding carboxylic acids is 4. The quantitative estimate of drug-likeness (QED) is 0.453. The van der Waals surface area contributed by atoms with Gasteiger partial charge in [-0.1, -0.05) is 36.4 Å². The van der Waals surface area contributed by atoms with E-state index in [4.69, 9.17) is 5.26 Å². The van der Waals surface area contributed by atoms with Gasteiger partial charge in [-0.25, -0.2) is 0 Å². The highest BCUT2D eigenvalue weighted by molar-refractivity contribution is 6.09. The molecule has 4 unspecified atom stereocenters. The summed E-state index contributed by atoms with van der Waals surface area (Å²) >= 11 is 0. The molecule has 2 heterocycles. The molecule has 2 aromatic carbocycles. The second-order valence-electron chi connectivity index (χ2n) is 12.0. The van der Waals surface area contributed by atoms with Crippen molar-refractivity contribution in [1.82, 2.24) is 5.32 Å². The van der Waals surface area contributed by atoms with Gasteiger partial charge in [0.25, 0.3) is 5.91 Å². The van der Waals surface area contributed by atoms with Gasteiger partial charge in [0.15, 0.2) is 17.3 Å². The lowest BCUT2D eigenvalue weighted by molar-refractivity contribution is -0.118. The Morgan fingerprint density at radius 3 is 1.59 bits per heavy atom. The van der Waals surface area contributed by atoms with Crippen molar-refractivity contribution in [1.29, 1.82) is 10.5 Å². The molecule has 0 bridgehead atoms. The van der Waals surface area contributed by atoms with Gasteiger partial charge >= 0.3 is 0 Å². The largest absolute Gasteiger partial charge is 0.377 e. The summed E-state index contributed by atoms with van der Waals surface area (Å²) in [6.07, 6.45) is 6.59. The number of para-hydroxylation sites is 2. The Morgan fingerprint density at radius 1 is 0.727 bits per heavy atom. The van der Waals surface area contributed by atoms with E-state index in [2.05, 4.69) is 22.0 Å². The number of Topliss-reactive ketones (excluding diaryl/α,β-unsaturated/α-hetero) is 3. The standard InChI is InChI=1S/C19H19N3O2.C16H12N2O2/c1-19(2,3)22-18(24)13-9-16-14(8-11(13)10-20)17(23)12-6-4-5-7-15(12)21-16;1-9(19)12-7-15-13(6-10(12)8-17)16(20)11-4-2-3-5-14(11)18-15/h4-9,14,16,21H,1-3H3,(H,22,24);2-7,13,15,18H,1H3. The first-order chi connectivity index (χ1) is 20.9. The van der Waals surface area contributed by atoms with Crippen LogP contribution >= 0.6 is 0 Å². The third-order valence-electron chi connectivity index (χ3n) is 7.73. The summed E-state index contributed by atoms with van der Waals surface area (Å²) in [6.45, 7) is 7.07. The summed E-state index contributed by atoms with van der Waals surface area (Å²) in [7, 11) is 0. The second-order valence-corrected chi connectivity index (χ2v) is 12.0. The van der Waals surface area contributed by atoms with Crippen LogP contribution in [0.1, 0.15) is 48.4 Å². The van der Waals surface area contributed by atoms with E-state index in [1.165, 1.54) is 6.92 Å². The van der Waals surface area contributed by atoms with Gasteiger partial charge in [0.2, 0.25) is 0 Å². The molecule has 9 heteroatoms. The van der Waals surface area contributed by atoms with E-state index < -0.39 is 17.4 Å². The maximum atomic E-state index is 12.7. The molecule has 1 amide bonds.